The highest BCUT2D eigenvalue weighted by atomic mass is 32.1. The molecule has 3 aromatic heterocycles. The molecule has 0 bridgehead atoms. The van der Waals surface area contributed by atoms with Gasteiger partial charge in [-0.05, 0) is 17.7 Å². The molecule has 4 aromatic rings. The van der Waals surface area contributed by atoms with E-state index in [0.29, 0.717) is 28.2 Å². The Morgan fingerprint density at radius 1 is 1.07 bits per heavy atom. The molecule has 27 heavy (non-hydrogen) atoms. The Labute approximate surface area is 154 Å². The van der Waals surface area contributed by atoms with Gasteiger partial charge in [0.25, 0.3) is 5.89 Å². The van der Waals surface area contributed by atoms with Gasteiger partial charge in [0.2, 0.25) is 5.82 Å². The van der Waals surface area contributed by atoms with E-state index in [1.807, 2.05) is 0 Å². The standard InChI is InChI=1S/C18H11F3N2O3S/c19-18(20,21)15-13(10-4-2-1-3-5-10)7-14(27-15)17-22-16(23-26-17)11-6-12(8-24)25-9-11/h1-7,9,24H,8H2. The lowest BCUT2D eigenvalue weighted by molar-refractivity contribution is -0.133. The smallest absolute Gasteiger partial charge is 0.426 e. The zero-order chi connectivity index (χ0) is 19.0. The Morgan fingerprint density at radius 2 is 1.85 bits per heavy atom. The lowest BCUT2D eigenvalue weighted by Crippen LogP contribution is -2.03. The Kier molecular flexibility index (Phi) is 4.33. The molecule has 1 aromatic carbocycles. The molecule has 0 aliphatic rings. The van der Waals surface area contributed by atoms with E-state index < -0.39 is 11.1 Å². The lowest BCUT2D eigenvalue weighted by atomic mass is 10.1. The van der Waals surface area contributed by atoms with Crippen LogP contribution in [0.3, 0.4) is 0 Å². The van der Waals surface area contributed by atoms with Crippen LogP contribution in [0.4, 0.5) is 13.2 Å². The summed E-state index contributed by atoms with van der Waals surface area (Å²) in [4.78, 5) is 3.64. The Balaban J connectivity index is 1.76. The molecule has 0 fully saturated rings. The first kappa shape index (κ1) is 17.5. The normalized spacial score (nSPS) is 11.9. The van der Waals surface area contributed by atoms with Crippen molar-refractivity contribution in [3.63, 3.8) is 0 Å². The van der Waals surface area contributed by atoms with Crippen molar-refractivity contribution in [3.8, 4) is 33.3 Å². The first-order valence-corrected chi connectivity index (χ1v) is 8.56. The zero-order valence-electron chi connectivity index (χ0n) is 13.5. The Hall–Kier alpha value is -2.91. The van der Waals surface area contributed by atoms with Gasteiger partial charge >= 0.3 is 6.18 Å². The van der Waals surface area contributed by atoms with Crippen LogP contribution in [0.5, 0.6) is 0 Å². The predicted molar refractivity (Wildman–Crippen MR) is 91.7 cm³/mol. The minimum atomic E-state index is -4.50. The van der Waals surface area contributed by atoms with Crippen LogP contribution in [0.1, 0.15) is 10.6 Å². The third-order valence-electron chi connectivity index (χ3n) is 3.78. The SMILES string of the molecule is OCc1cc(-c2noc(-c3cc(-c4ccccc4)c(C(F)(F)F)s3)n2)co1. The minimum Gasteiger partial charge on any atom is -0.466 e. The van der Waals surface area contributed by atoms with Crippen molar-refractivity contribution in [3.05, 3.63) is 59.4 Å². The van der Waals surface area contributed by atoms with Crippen molar-refractivity contribution in [1.29, 1.82) is 0 Å². The number of halogens is 3. The number of benzene rings is 1. The molecule has 0 amide bonds. The van der Waals surface area contributed by atoms with Crippen LogP contribution in [0.15, 0.2) is 57.7 Å². The van der Waals surface area contributed by atoms with Crippen LogP contribution in [0, 0.1) is 0 Å². The molecule has 1 N–H and O–H groups in total. The lowest BCUT2D eigenvalue weighted by Gasteiger charge is -2.07. The molecule has 0 aliphatic heterocycles. The van der Waals surface area contributed by atoms with Crippen LogP contribution in [-0.2, 0) is 12.8 Å². The number of nitrogens with zero attached hydrogens (tertiary/aromatic N) is 2. The van der Waals surface area contributed by atoms with Crippen molar-refractivity contribution >= 4 is 11.3 Å². The number of aliphatic hydroxyl groups is 1. The van der Waals surface area contributed by atoms with Crippen LogP contribution in [-0.4, -0.2) is 15.2 Å². The van der Waals surface area contributed by atoms with E-state index in [1.54, 1.807) is 30.3 Å². The summed E-state index contributed by atoms with van der Waals surface area (Å²) >= 11 is 0.548. The van der Waals surface area contributed by atoms with E-state index in [1.165, 1.54) is 18.4 Å². The number of hydrogen-bond donors (Lipinski definition) is 1. The number of thiophene rings is 1. The van der Waals surface area contributed by atoms with Gasteiger partial charge in [0.05, 0.1) is 10.4 Å². The molecule has 0 spiro atoms. The van der Waals surface area contributed by atoms with Gasteiger partial charge in [-0.15, -0.1) is 11.3 Å². The number of aliphatic hydroxyl groups excluding tert-OH is 1. The maximum atomic E-state index is 13.5. The minimum absolute atomic E-state index is 0.0190. The highest BCUT2D eigenvalue weighted by molar-refractivity contribution is 7.16. The number of furan rings is 1. The first-order valence-electron chi connectivity index (χ1n) is 7.75. The summed E-state index contributed by atoms with van der Waals surface area (Å²) in [6.07, 6.45) is -3.16. The molecule has 0 saturated heterocycles. The Bertz CT molecular complexity index is 1070. The second-order valence-electron chi connectivity index (χ2n) is 5.60. The van der Waals surface area contributed by atoms with Gasteiger partial charge in [0, 0.05) is 5.56 Å². The van der Waals surface area contributed by atoms with Gasteiger partial charge in [-0.2, -0.15) is 18.2 Å². The molecule has 0 atom stereocenters. The second kappa shape index (κ2) is 6.67. The quantitative estimate of drug-likeness (QED) is 0.514. The first-order chi connectivity index (χ1) is 13.0. The fraction of sp³-hybridized carbons (Fsp3) is 0.111. The van der Waals surface area contributed by atoms with E-state index in [0.717, 1.165) is 0 Å². The molecule has 0 radical (unpaired) electrons. The summed E-state index contributed by atoms with van der Waals surface area (Å²) in [7, 11) is 0. The highest BCUT2D eigenvalue weighted by Gasteiger charge is 2.37. The van der Waals surface area contributed by atoms with Gasteiger partial charge in [0.1, 0.15) is 23.5 Å². The van der Waals surface area contributed by atoms with Crippen molar-refractivity contribution in [1.82, 2.24) is 10.1 Å². The topological polar surface area (TPSA) is 72.3 Å². The van der Waals surface area contributed by atoms with E-state index in [-0.39, 0.29) is 28.8 Å². The predicted octanol–water partition coefficient (Wildman–Crippen LogP) is 5.24. The van der Waals surface area contributed by atoms with Crippen molar-refractivity contribution in [2.75, 3.05) is 0 Å². The average molecular weight is 392 g/mol. The number of aromatic nitrogens is 2. The van der Waals surface area contributed by atoms with E-state index in [9.17, 15) is 13.2 Å². The monoisotopic (exact) mass is 392 g/mol. The molecule has 4 rings (SSSR count). The number of alkyl halides is 3. The zero-order valence-corrected chi connectivity index (χ0v) is 14.3. The molecule has 9 heteroatoms. The number of hydrogen-bond acceptors (Lipinski definition) is 6. The van der Waals surface area contributed by atoms with E-state index >= 15 is 0 Å². The molecular weight excluding hydrogens is 381 g/mol. The Morgan fingerprint density at radius 3 is 2.52 bits per heavy atom. The average Bonchev–Trinajstić information content (AvgIpc) is 3.38. The van der Waals surface area contributed by atoms with Crippen LogP contribution >= 0.6 is 11.3 Å². The summed E-state index contributed by atoms with van der Waals surface area (Å²) in [5, 5.41) is 12.8. The molecule has 0 unspecified atom stereocenters. The van der Waals surface area contributed by atoms with E-state index in [2.05, 4.69) is 10.1 Å². The summed E-state index contributed by atoms with van der Waals surface area (Å²) in [6, 6.07) is 11.2. The highest BCUT2D eigenvalue weighted by Crippen LogP contribution is 2.45. The van der Waals surface area contributed by atoms with Gasteiger partial charge in [-0.3, -0.25) is 0 Å². The molecule has 138 valence electrons. The third kappa shape index (κ3) is 3.38. The fourth-order valence-corrected chi connectivity index (χ4v) is 3.53. The largest absolute Gasteiger partial charge is 0.466 e. The fourth-order valence-electron chi connectivity index (χ4n) is 2.56. The van der Waals surface area contributed by atoms with Crippen molar-refractivity contribution in [2.45, 2.75) is 12.8 Å². The molecule has 3 heterocycles. The molecule has 5 nitrogen and oxygen atoms in total. The number of rotatable bonds is 4. The van der Waals surface area contributed by atoms with Crippen LogP contribution in [0.25, 0.3) is 33.3 Å². The maximum Gasteiger partial charge on any atom is 0.426 e. The molecule has 0 saturated carbocycles. The molecular formula is C18H11F3N2O3S. The molecule has 0 aliphatic carbocycles. The van der Waals surface area contributed by atoms with Gasteiger partial charge < -0.3 is 14.0 Å². The van der Waals surface area contributed by atoms with Gasteiger partial charge in [-0.1, -0.05) is 35.5 Å². The van der Waals surface area contributed by atoms with Crippen molar-refractivity contribution in [2.24, 2.45) is 0 Å². The summed E-state index contributed by atoms with van der Waals surface area (Å²) in [5.74, 6) is 0.462. The summed E-state index contributed by atoms with van der Waals surface area (Å²) in [5.41, 5.74) is 0.980. The maximum absolute atomic E-state index is 13.5. The van der Waals surface area contributed by atoms with Crippen molar-refractivity contribution < 1.29 is 27.2 Å². The second-order valence-corrected chi connectivity index (χ2v) is 6.65. The van der Waals surface area contributed by atoms with Crippen LogP contribution < -0.4 is 0 Å². The van der Waals surface area contributed by atoms with Gasteiger partial charge in [0.15, 0.2) is 0 Å². The third-order valence-corrected chi connectivity index (χ3v) is 4.95. The van der Waals surface area contributed by atoms with Gasteiger partial charge in [-0.25, -0.2) is 0 Å². The van der Waals surface area contributed by atoms with Crippen LogP contribution in [0.2, 0.25) is 0 Å². The summed E-state index contributed by atoms with van der Waals surface area (Å²) < 4.78 is 50.7. The van der Waals surface area contributed by atoms with E-state index in [4.69, 9.17) is 14.0 Å². The summed E-state index contributed by atoms with van der Waals surface area (Å²) in [6.45, 7) is -0.287.